The molecule has 5 atom stereocenters. The maximum atomic E-state index is 12.3. The van der Waals surface area contributed by atoms with Crippen LogP contribution in [0.25, 0.3) is 0 Å². The van der Waals surface area contributed by atoms with Gasteiger partial charge in [0.25, 0.3) is 0 Å². The van der Waals surface area contributed by atoms with Gasteiger partial charge in [0.1, 0.15) is 17.6 Å². The van der Waals surface area contributed by atoms with E-state index in [0.717, 1.165) is 6.42 Å². The topological polar surface area (TPSA) is 97.4 Å². The summed E-state index contributed by atoms with van der Waals surface area (Å²) in [5.74, 6) is -1.39. The van der Waals surface area contributed by atoms with Crippen LogP contribution < -0.4 is 0 Å². The summed E-state index contributed by atoms with van der Waals surface area (Å²) in [7, 11) is 1.40. The molecule has 0 amide bonds. The van der Waals surface area contributed by atoms with Crippen LogP contribution in [0.4, 0.5) is 0 Å². The Morgan fingerprint density at radius 3 is 2.73 bits per heavy atom. The number of carbonyl (C=O) groups is 3. The first-order valence-electron chi connectivity index (χ1n) is 8.98. The molecule has 0 aromatic rings. The van der Waals surface area contributed by atoms with E-state index in [1.165, 1.54) is 7.11 Å². The molecule has 5 unspecified atom stereocenters. The second-order valence-corrected chi connectivity index (χ2v) is 8.03. The van der Waals surface area contributed by atoms with Gasteiger partial charge in [0.05, 0.1) is 19.1 Å². The van der Waals surface area contributed by atoms with E-state index in [1.54, 1.807) is 13.8 Å². The summed E-state index contributed by atoms with van der Waals surface area (Å²) in [6, 6.07) is 0. The Hall–Kier alpha value is -1.67. The molecule has 2 saturated carbocycles. The van der Waals surface area contributed by atoms with E-state index >= 15 is 0 Å². The van der Waals surface area contributed by atoms with Crippen molar-refractivity contribution in [3.63, 3.8) is 0 Å². The van der Waals surface area contributed by atoms with Gasteiger partial charge in [-0.15, -0.1) is 0 Å². The summed E-state index contributed by atoms with van der Waals surface area (Å²) in [6.45, 7) is 5.11. The number of hydrogen-bond donors (Lipinski definition) is 0. The minimum Gasteiger partial charge on any atom is -0.458 e. The van der Waals surface area contributed by atoms with Crippen molar-refractivity contribution in [2.45, 2.75) is 52.2 Å². The van der Waals surface area contributed by atoms with Gasteiger partial charge in [-0.05, 0) is 33.1 Å². The summed E-state index contributed by atoms with van der Waals surface area (Å²) in [5, 5.41) is 0. The number of carbonyl (C=O) groups excluding carboxylic acids is 3. The van der Waals surface area contributed by atoms with Crippen LogP contribution in [0, 0.1) is 22.7 Å². The van der Waals surface area contributed by atoms with Crippen LogP contribution in [0.2, 0.25) is 0 Å². The van der Waals surface area contributed by atoms with Gasteiger partial charge in [-0.3, -0.25) is 9.59 Å². The zero-order valence-electron chi connectivity index (χ0n) is 15.6. The lowest BCUT2D eigenvalue weighted by Gasteiger charge is -2.31. The molecule has 8 nitrogen and oxygen atoms in total. The lowest BCUT2D eigenvalue weighted by molar-refractivity contribution is -0.289. The summed E-state index contributed by atoms with van der Waals surface area (Å²) < 4.78 is 16.1. The predicted octanol–water partition coefficient (Wildman–Crippen LogP) is 1.41. The highest BCUT2D eigenvalue weighted by Gasteiger charge is 2.71. The van der Waals surface area contributed by atoms with Gasteiger partial charge in [0.15, 0.2) is 6.61 Å². The fourth-order valence-corrected chi connectivity index (χ4v) is 4.28. The molecule has 2 aliphatic carbocycles. The van der Waals surface area contributed by atoms with Crippen LogP contribution in [0.5, 0.6) is 0 Å². The first kappa shape index (κ1) is 19.1. The van der Waals surface area contributed by atoms with Crippen LogP contribution in [-0.4, -0.2) is 50.4 Å². The van der Waals surface area contributed by atoms with E-state index in [1.807, 2.05) is 6.92 Å². The van der Waals surface area contributed by atoms with E-state index in [4.69, 9.17) is 19.1 Å². The highest BCUT2D eigenvalue weighted by molar-refractivity contribution is 5.82. The van der Waals surface area contributed by atoms with Crippen LogP contribution in [0.3, 0.4) is 0 Å². The third-order valence-electron chi connectivity index (χ3n) is 6.19. The summed E-state index contributed by atoms with van der Waals surface area (Å²) >= 11 is 0. The molecule has 8 heteroatoms. The second-order valence-electron chi connectivity index (χ2n) is 8.03. The van der Waals surface area contributed by atoms with Gasteiger partial charge >= 0.3 is 17.9 Å². The van der Waals surface area contributed by atoms with Crippen LogP contribution >= 0.6 is 0 Å². The quantitative estimate of drug-likeness (QED) is 0.274. The molecule has 1 saturated heterocycles. The molecule has 0 aromatic carbocycles. The van der Waals surface area contributed by atoms with Gasteiger partial charge in [-0.2, -0.15) is 0 Å². The first-order chi connectivity index (χ1) is 12.2. The molecule has 2 bridgehead atoms. The highest BCUT2D eigenvalue weighted by atomic mass is 17.2. The van der Waals surface area contributed by atoms with E-state index in [9.17, 15) is 14.4 Å². The van der Waals surface area contributed by atoms with E-state index in [2.05, 4.69) is 4.89 Å². The van der Waals surface area contributed by atoms with Gasteiger partial charge in [0.2, 0.25) is 0 Å². The zero-order valence-corrected chi connectivity index (χ0v) is 15.6. The van der Waals surface area contributed by atoms with Gasteiger partial charge in [-0.1, -0.05) is 6.92 Å². The molecule has 0 spiro atoms. The first-order valence-corrected chi connectivity index (χ1v) is 8.98. The van der Waals surface area contributed by atoms with Crippen molar-refractivity contribution >= 4 is 17.9 Å². The third kappa shape index (κ3) is 2.99. The van der Waals surface area contributed by atoms with E-state index in [0.29, 0.717) is 12.8 Å². The number of rotatable bonds is 8. The predicted molar refractivity (Wildman–Crippen MR) is 86.4 cm³/mol. The average molecular weight is 370 g/mol. The Labute approximate surface area is 152 Å². The Balaban J connectivity index is 1.56. The largest absolute Gasteiger partial charge is 0.458 e. The fourth-order valence-electron chi connectivity index (χ4n) is 4.28. The standard InChI is InChI=1S/C18H26O8/c1-5-17(2,3)15(20)23-8-12(19)25-13-10-6-11-14(13)26-16(21)18(11,7-10)9-24-22-4/h10-11,13-14H,5-9H2,1-4H3. The molecular weight excluding hydrogens is 344 g/mol. The SMILES string of the molecule is CCC(C)(C)C(=O)OCC(=O)OC1C2CC3C1OC(=O)C3(COOC)C2. The van der Waals surface area contributed by atoms with Crippen molar-refractivity contribution in [1.82, 2.24) is 0 Å². The summed E-state index contributed by atoms with van der Waals surface area (Å²) in [6.07, 6.45) is 0.929. The maximum Gasteiger partial charge on any atom is 0.344 e. The molecule has 0 radical (unpaired) electrons. The van der Waals surface area contributed by atoms with Crippen LogP contribution in [0.15, 0.2) is 0 Å². The van der Waals surface area contributed by atoms with Crippen LogP contribution in [0.1, 0.15) is 40.0 Å². The molecule has 3 rings (SSSR count). The third-order valence-corrected chi connectivity index (χ3v) is 6.19. The molecule has 1 heterocycles. The van der Waals surface area contributed by atoms with Gasteiger partial charge in [-0.25, -0.2) is 14.6 Å². The summed E-state index contributed by atoms with van der Waals surface area (Å²) in [4.78, 5) is 46.1. The van der Waals surface area contributed by atoms with Crippen molar-refractivity contribution in [2.75, 3.05) is 20.3 Å². The molecule has 0 aromatic heterocycles. The second kappa shape index (κ2) is 6.81. The normalized spacial score (nSPS) is 34.7. The molecule has 0 N–H and O–H groups in total. The van der Waals surface area contributed by atoms with Crippen molar-refractivity contribution < 1.29 is 38.4 Å². The fraction of sp³-hybridized carbons (Fsp3) is 0.833. The molecular formula is C18H26O8. The minimum atomic E-state index is -0.703. The molecule has 3 fully saturated rings. The Morgan fingerprint density at radius 1 is 1.35 bits per heavy atom. The van der Waals surface area contributed by atoms with E-state index in [-0.39, 0.29) is 24.4 Å². The lowest BCUT2D eigenvalue weighted by Crippen LogP contribution is -2.43. The molecule has 1 aliphatic heterocycles. The van der Waals surface area contributed by atoms with Crippen molar-refractivity contribution in [1.29, 1.82) is 0 Å². The van der Waals surface area contributed by atoms with Crippen molar-refractivity contribution in [3.05, 3.63) is 0 Å². The monoisotopic (exact) mass is 370 g/mol. The van der Waals surface area contributed by atoms with Crippen LogP contribution in [-0.2, 0) is 38.4 Å². The number of ether oxygens (including phenoxy) is 3. The zero-order chi connectivity index (χ0) is 19.1. The Morgan fingerprint density at radius 2 is 2.08 bits per heavy atom. The smallest absolute Gasteiger partial charge is 0.344 e. The van der Waals surface area contributed by atoms with E-state index < -0.39 is 41.6 Å². The molecule has 146 valence electrons. The minimum absolute atomic E-state index is 0.0311. The molecule has 26 heavy (non-hydrogen) atoms. The van der Waals surface area contributed by atoms with Gasteiger partial charge in [0, 0.05) is 11.8 Å². The van der Waals surface area contributed by atoms with Crippen molar-refractivity contribution in [3.8, 4) is 0 Å². The molecule has 3 aliphatic rings. The number of fused-ring (bicyclic) bond motifs is 1. The Bertz CT molecular complexity index is 600. The average Bonchev–Trinajstić information content (AvgIpc) is 3.19. The maximum absolute atomic E-state index is 12.3. The lowest BCUT2D eigenvalue weighted by atomic mass is 9.74. The number of esters is 3. The number of hydrogen-bond acceptors (Lipinski definition) is 8. The van der Waals surface area contributed by atoms with Crippen molar-refractivity contribution in [2.24, 2.45) is 22.7 Å². The van der Waals surface area contributed by atoms with Gasteiger partial charge < -0.3 is 14.2 Å². The highest BCUT2D eigenvalue weighted by Crippen LogP contribution is 2.62. The Kier molecular flexibility index (Phi) is 5.00. The summed E-state index contributed by atoms with van der Waals surface area (Å²) in [5.41, 5.74) is -1.35.